The van der Waals surface area contributed by atoms with E-state index in [9.17, 15) is 4.79 Å². The van der Waals surface area contributed by atoms with Gasteiger partial charge < -0.3 is 26.8 Å². The van der Waals surface area contributed by atoms with E-state index in [4.69, 9.17) is 0 Å². The monoisotopic (exact) mass is 424 g/mol. The largest absolute Gasteiger partial charge is 1.00 e. The summed E-state index contributed by atoms with van der Waals surface area (Å²) in [6.45, 7) is 3.64. The summed E-state index contributed by atoms with van der Waals surface area (Å²) in [5.74, 6) is 0.110. The highest BCUT2D eigenvalue weighted by Gasteiger charge is 2.34. The fourth-order valence-corrected chi connectivity index (χ4v) is 4.18. The minimum atomic E-state index is 0. The maximum Gasteiger partial charge on any atom is 0.279 e. The topological polar surface area (TPSA) is 29.1 Å². The molecule has 27 heavy (non-hydrogen) atoms. The highest BCUT2D eigenvalue weighted by Crippen LogP contribution is 2.26. The van der Waals surface area contributed by atoms with Gasteiger partial charge >= 0.3 is 0 Å². The number of likely N-dealkylation sites (tertiary alicyclic amines) is 1. The van der Waals surface area contributed by atoms with Crippen LogP contribution in [0.1, 0.15) is 18.4 Å². The van der Waals surface area contributed by atoms with Crippen LogP contribution in [0.2, 0.25) is 0 Å². The van der Waals surface area contributed by atoms with Crippen LogP contribution in [0.15, 0.2) is 72.8 Å². The van der Waals surface area contributed by atoms with Crippen molar-refractivity contribution in [2.75, 3.05) is 25.0 Å². The Balaban J connectivity index is 0.00000210. The summed E-state index contributed by atoms with van der Waals surface area (Å²) in [4.78, 5) is 12.9. The van der Waals surface area contributed by atoms with Crippen LogP contribution in [0.25, 0.3) is 10.8 Å². The van der Waals surface area contributed by atoms with Gasteiger partial charge in [-0.05, 0) is 11.5 Å². The van der Waals surface area contributed by atoms with Crippen molar-refractivity contribution in [1.29, 1.82) is 0 Å². The first-order chi connectivity index (χ1) is 12.7. The molecule has 4 heteroatoms. The summed E-state index contributed by atoms with van der Waals surface area (Å²) >= 11 is 0. The van der Waals surface area contributed by atoms with Gasteiger partial charge in [-0.1, -0.05) is 66.7 Å². The van der Waals surface area contributed by atoms with Crippen molar-refractivity contribution in [2.45, 2.75) is 19.4 Å². The number of carbonyl (C=O) groups is 1. The molecule has 1 aliphatic rings. The summed E-state index contributed by atoms with van der Waals surface area (Å²) in [6.07, 6.45) is 2.41. The number of anilines is 1. The summed E-state index contributed by atoms with van der Waals surface area (Å²) in [5, 5.41) is 5.42. The Kier molecular flexibility index (Phi) is 6.30. The molecule has 1 heterocycles. The number of nitrogens with zero attached hydrogens (tertiary/aromatic N) is 1. The minimum Gasteiger partial charge on any atom is -1.00 e. The lowest BCUT2D eigenvalue weighted by atomic mass is 10.1. The van der Waals surface area contributed by atoms with Gasteiger partial charge in [0.25, 0.3) is 5.91 Å². The molecule has 3 aromatic carbocycles. The summed E-state index contributed by atoms with van der Waals surface area (Å²) < 4.78 is 0.862. The van der Waals surface area contributed by atoms with Crippen LogP contribution in [-0.2, 0) is 11.3 Å². The minimum absolute atomic E-state index is 0. The highest BCUT2D eigenvalue weighted by molar-refractivity contribution is 6.02. The van der Waals surface area contributed by atoms with Crippen LogP contribution in [0.4, 0.5) is 5.69 Å². The van der Waals surface area contributed by atoms with E-state index in [1.54, 1.807) is 0 Å². The number of quaternary nitrogens is 1. The van der Waals surface area contributed by atoms with Gasteiger partial charge in [0.15, 0.2) is 6.54 Å². The highest BCUT2D eigenvalue weighted by atomic mass is 79.9. The molecule has 4 rings (SSSR count). The maximum absolute atomic E-state index is 12.9. The molecule has 1 saturated heterocycles. The molecule has 3 nitrogen and oxygen atoms in total. The molecule has 1 N–H and O–H groups in total. The van der Waals surface area contributed by atoms with Crippen molar-refractivity contribution in [3.8, 4) is 0 Å². The van der Waals surface area contributed by atoms with Gasteiger partial charge in [-0.2, -0.15) is 0 Å². The molecular weight excluding hydrogens is 400 g/mol. The smallest absolute Gasteiger partial charge is 0.279 e. The first kappa shape index (κ1) is 19.6. The molecule has 1 fully saturated rings. The van der Waals surface area contributed by atoms with Crippen LogP contribution >= 0.6 is 0 Å². The van der Waals surface area contributed by atoms with E-state index >= 15 is 0 Å². The molecule has 3 aromatic rings. The van der Waals surface area contributed by atoms with Gasteiger partial charge in [0.1, 0.15) is 6.54 Å². The van der Waals surface area contributed by atoms with Crippen molar-refractivity contribution in [3.05, 3.63) is 78.4 Å². The van der Waals surface area contributed by atoms with Crippen molar-refractivity contribution >= 4 is 22.4 Å². The summed E-state index contributed by atoms with van der Waals surface area (Å²) in [7, 11) is 0. The van der Waals surface area contributed by atoms with Gasteiger partial charge in [-0.3, -0.25) is 4.79 Å². The molecule has 0 aromatic heterocycles. The Morgan fingerprint density at radius 1 is 0.852 bits per heavy atom. The zero-order valence-electron chi connectivity index (χ0n) is 15.4. The standard InChI is InChI=1S/C23H24N2O.BrH/c26-23(24-22-14-8-12-20-11-4-5-13-21(20)22)18-25(15-6-7-16-25)17-19-9-2-1-3-10-19;/h1-5,8-14H,6-7,15-18H2;1H. The number of halogens is 1. The maximum atomic E-state index is 12.9. The Labute approximate surface area is 171 Å². The number of rotatable bonds is 5. The second-order valence-electron chi connectivity index (χ2n) is 7.37. The summed E-state index contributed by atoms with van der Waals surface area (Å²) in [5.41, 5.74) is 2.22. The van der Waals surface area contributed by atoms with E-state index in [1.807, 2.05) is 30.3 Å². The predicted molar refractivity (Wildman–Crippen MR) is 107 cm³/mol. The first-order valence-electron chi connectivity index (χ1n) is 9.41. The van der Waals surface area contributed by atoms with Crippen LogP contribution in [0.5, 0.6) is 0 Å². The van der Waals surface area contributed by atoms with E-state index in [0.29, 0.717) is 6.54 Å². The van der Waals surface area contributed by atoms with Crippen LogP contribution in [-0.4, -0.2) is 30.0 Å². The molecule has 0 aliphatic carbocycles. The average molecular weight is 425 g/mol. The second kappa shape index (κ2) is 8.68. The van der Waals surface area contributed by atoms with E-state index in [1.165, 1.54) is 18.4 Å². The molecule has 0 saturated carbocycles. The van der Waals surface area contributed by atoms with E-state index in [-0.39, 0.29) is 22.9 Å². The molecule has 0 radical (unpaired) electrons. The molecule has 0 spiro atoms. The van der Waals surface area contributed by atoms with Crippen LogP contribution in [0, 0.1) is 0 Å². The van der Waals surface area contributed by atoms with Gasteiger partial charge in [0.05, 0.1) is 13.1 Å². The fraction of sp³-hybridized carbons (Fsp3) is 0.261. The van der Waals surface area contributed by atoms with E-state index in [0.717, 1.165) is 40.6 Å². The number of hydrogen-bond acceptors (Lipinski definition) is 1. The third-order valence-electron chi connectivity index (χ3n) is 5.42. The first-order valence-corrected chi connectivity index (χ1v) is 9.41. The number of fused-ring (bicyclic) bond motifs is 1. The fourth-order valence-electron chi connectivity index (χ4n) is 4.18. The number of amides is 1. The van der Waals surface area contributed by atoms with E-state index < -0.39 is 0 Å². The lowest BCUT2D eigenvalue weighted by Gasteiger charge is -2.33. The zero-order chi connectivity index (χ0) is 17.8. The molecule has 140 valence electrons. The van der Waals surface area contributed by atoms with Crippen molar-refractivity contribution < 1.29 is 26.3 Å². The third-order valence-corrected chi connectivity index (χ3v) is 5.42. The van der Waals surface area contributed by atoms with Crippen molar-refractivity contribution in [1.82, 2.24) is 0 Å². The number of nitrogens with one attached hydrogen (secondary N) is 1. The lowest BCUT2D eigenvalue weighted by Crippen LogP contribution is -3.00. The van der Waals surface area contributed by atoms with Gasteiger partial charge in [-0.25, -0.2) is 0 Å². The Hall–Kier alpha value is -2.17. The van der Waals surface area contributed by atoms with Gasteiger partial charge in [0, 0.05) is 29.5 Å². The molecular formula is C23H25BrN2O. The van der Waals surface area contributed by atoms with E-state index in [2.05, 4.69) is 47.8 Å². The Morgan fingerprint density at radius 3 is 2.30 bits per heavy atom. The van der Waals surface area contributed by atoms with Gasteiger partial charge in [-0.15, -0.1) is 0 Å². The summed E-state index contributed by atoms with van der Waals surface area (Å²) in [6, 6.07) is 24.8. The number of carbonyl (C=O) groups excluding carboxylic acids is 1. The third kappa shape index (κ3) is 4.57. The molecule has 0 bridgehead atoms. The lowest BCUT2D eigenvalue weighted by molar-refractivity contribution is -0.922. The van der Waals surface area contributed by atoms with Crippen molar-refractivity contribution in [3.63, 3.8) is 0 Å². The molecule has 1 amide bonds. The Bertz CT molecular complexity index is 899. The molecule has 1 aliphatic heterocycles. The van der Waals surface area contributed by atoms with Crippen molar-refractivity contribution in [2.24, 2.45) is 0 Å². The average Bonchev–Trinajstić information content (AvgIpc) is 3.10. The normalized spacial score (nSPS) is 15.3. The Morgan fingerprint density at radius 2 is 1.52 bits per heavy atom. The quantitative estimate of drug-likeness (QED) is 0.619. The number of benzene rings is 3. The van der Waals surface area contributed by atoms with Crippen LogP contribution < -0.4 is 22.3 Å². The zero-order valence-corrected chi connectivity index (χ0v) is 17.0. The number of hydrogen-bond donors (Lipinski definition) is 1. The van der Waals surface area contributed by atoms with Crippen LogP contribution in [0.3, 0.4) is 0 Å². The second-order valence-corrected chi connectivity index (χ2v) is 7.37. The SMILES string of the molecule is O=C(C[N+]1(Cc2ccccc2)CCCC1)Nc1cccc2ccccc12.[Br-]. The molecule has 0 atom stereocenters. The van der Waals surface area contributed by atoms with Gasteiger partial charge in [0.2, 0.25) is 0 Å². The predicted octanol–water partition coefficient (Wildman–Crippen LogP) is 1.59. The molecule has 0 unspecified atom stereocenters.